The zero-order chi connectivity index (χ0) is 29.7. The quantitative estimate of drug-likeness (QED) is 0.326. The zero-order valence-electron chi connectivity index (χ0n) is 22.8. The molecule has 42 heavy (non-hydrogen) atoms. The number of anilines is 1. The molecule has 0 spiro atoms. The maximum absolute atomic E-state index is 13.2. The molecular formula is C29H32ClN5O5S2. The van der Waals surface area contributed by atoms with Gasteiger partial charge in [-0.3, -0.25) is 9.59 Å². The van der Waals surface area contributed by atoms with E-state index in [2.05, 4.69) is 15.4 Å². The Hall–Kier alpha value is -3.45. The second-order valence-electron chi connectivity index (χ2n) is 10.3. The number of fused-ring (bicyclic) bond motifs is 1. The normalized spacial score (nSPS) is 19.5. The number of nitrogens with zero attached hydrogens (tertiary/aromatic N) is 2. The first kappa shape index (κ1) is 30.0. The number of piperidine rings is 1. The Labute approximate surface area is 253 Å². The van der Waals surface area contributed by atoms with Gasteiger partial charge in [-0.05, 0) is 55.3 Å². The second-order valence-corrected chi connectivity index (χ2v) is 13.7. The van der Waals surface area contributed by atoms with Crippen molar-refractivity contribution in [2.24, 2.45) is 0 Å². The molecular weight excluding hydrogens is 598 g/mol. The van der Waals surface area contributed by atoms with Crippen molar-refractivity contribution in [2.75, 3.05) is 31.5 Å². The van der Waals surface area contributed by atoms with Crippen LogP contribution >= 0.6 is 22.9 Å². The van der Waals surface area contributed by atoms with Crippen molar-refractivity contribution in [3.05, 3.63) is 69.2 Å². The van der Waals surface area contributed by atoms with Crippen molar-refractivity contribution >= 4 is 73.3 Å². The lowest BCUT2D eigenvalue weighted by Crippen LogP contribution is -2.55. The van der Waals surface area contributed by atoms with Gasteiger partial charge in [0.1, 0.15) is 6.04 Å². The van der Waals surface area contributed by atoms with Gasteiger partial charge in [-0.1, -0.05) is 48.0 Å². The summed E-state index contributed by atoms with van der Waals surface area (Å²) in [5.74, 6) is -0.644. The number of carbonyl (C=O) groups is 3. The van der Waals surface area contributed by atoms with Crippen LogP contribution in [-0.2, 0) is 19.6 Å². The van der Waals surface area contributed by atoms with Crippen molar-refractivity contribution in [1.82, 2.24) is 19.8 Å². The van der Waals surface area contributed by atoms with Gasteiger partial charge in [-0.2, -0.15) is 4.72 Å². The Morgan fingerprint density at radius 3 is 2.62 bits per heavy atom. The largest absolute Gasteiger partial charge is 0.336 e. The van der Waals surface area contributed by atoms with Crippen LogP contribution in [-0.4, -0.2) is 74.3 Å². The molecule has 0 saturated carbocycles. The smallest absolute Gasteiger partial charge is 0.319 e. The van der Waals surface area contributed by atoms with E-state index in [-0.39, 0.29) is 31.1 Å². The molecule has 2 aliphatic rings. The number of carbonyl (C=O) groups excluding carboxylic acids is 3. The molecule has 0 aliphatic carbocycles. The van der Waals surface area contributed by atoms with Gasteiger partial charge < -0.3 is 20.4 Å². The second kappa shape index (κ2) is 13.2. The minimum atomic E-state index is -3.89. The molecule has 5 rings (SSSR count). The molecule has 2 atom stereocenters. The Morgan fingerprint density at radius 2 is 1.81 bits per heavy atom. The van der Waals surface area contributed by atoms with Crippen molar-refractivity contribution in [3.63, 3.8) is 0 Å². The minimum Gasteiger partial charge on any atom is -0.336 e. The van der Waals surface area contributed by atoms with E-state index in [0.29, 0.717) is 40.8 Å². The number of likely N-dealkylation sites (tertiary alicyclic amines) is 2. The summed E-state index contributed by atoms with van der Waals surface area (Å²) in [6, 6.07) is 15.4. The molecule has 2 aliphatic heterocycles. The number of nitrogens with one attached hydrogen (secondary N) is 3. The summed E-state index contributed by atoms with van der Waals surface area (Å²) >= 11 is 7.14. The zero-order valence-corrected chi connectivity index (χ0v) is 25.2. The highest BCUT2D eigenvalue weighted by molar-refractivity contribution is 7.92. The van der Waals surface area contributed by atoms with E-state index in [0.717, 1.165) is 29.0 Å². The van der Waals surface area contributed by atoms with Crippen molar-refractivity contribution in [1.29, 1.82) is 0 Å². The van der Waals surface area contributed by atoms with E-state index >= 15 is 0 Å². The van der Waals surface area contributed by atoms with Crippen molar-refractivity contribution < 1.29 is 22.8 Å². The summed E-state index contributed by atoms with van der Waals surface area (Å²) in [6.07, 6.45) is 3.87. The van der Waals surface area contributed by atoms with Crippen LogP contribution in [0, 0.1) is 0 Å². The number of hydrogen-bond donors (Lipinski definition) is 3. The molecule has 2 saturated heterocycles. The average Bonchev–Trinajstić information content (AvgIpc) is 3.62. The highest BCUT2D eigenvalue weighted by atomic mass is 35.5. The Bertz CT molecular complexity index is 1600. The molecule has 3 aromatic rings. The van der Waals surface area contributed by atoms with Crippen LogP contribution in [0.25, 0.3) is 16.8 Å². The molecule has 13 heteroatoms. The number of halogens is 1. The molecule has 3 heterocycles. The molecule has 2 aromatic carbocycles. The standard InChI is InChI=1S/C29H32ClN5O5S2/c30-26-13-12-22(41-26)14-17-42(39,40)33-25-11-5-15-34(28(25)37)19-27(36)35-16-4-8-21(35)18-31-29(38)32-24-10-3-7-20-6-1-2-9-23(20)24/h1-3,6-7,9-10,12-14,17,21,25,33H,4-5,8,11,15-16,18-19H2,(H2,31,32,38)/b17-14+. The summed E-state index contributed by atoms with van der Waals surface area (Å²) < 4.78 is 28.2. The van der Waals surface area contributed by atoms with Crippen LogP contribution in [0.4, 0.5) is 10.5 Å². The van der Waals surface area contributed by atoms with E-state index in [4.69, 9.17) is 11.6 Å². The van der Waals surface area contributed by atoms with Gasteiger partial charge in [0.15, 0.2) is 0 Å². The summed E-state index contributed by atoms with van der Waals surface area (Å²) in [7, 11) is -3.89. The maximum atomic E-state index is 13.2. The van der Waals surface area contributed by atoms with Gasteiger partial charge in [0.25, 0.3) is 0 Å². The molecule has 0 bridgehead atoms. The van der Waals surface area contributed by atoms with Crippen LogP contribution in [0.1, 0.15) is 30.6 Å². The molecule has 10 nitrogen and oxygen atoms in total. The lowest BCUT2D eigenvalue weighted by Gasteiger charge is -2.34. The fourth-order valence-corrected chi connectivity index (χ4v) is 7.43. The minimum absolute atomic E-state index is 0.140. The van der Waals surface area contributed by atoms with Crippen LogP contribution in [0.3, 0.4) is 0 Å². The number of benzene rings is 2. The summed E-state index contributed by atoms with van der Waals surface area (Å²) in [5.41, 5.74) is 0.699. The Balaban J connectivity index is 1.13. The molecule has 222 valence electrons. The maximum Gasteiger partial charge on any atom is 0.319 e. The number of amides is 4. The van der Waals surface area contributed by atoms with E-state index in [1.165, 1.54) is 22.3 Å². The molecule has 0 radical (unpaired) electrons. The van der Waals surface area contributed by atoms with Crippen LogP contribution in [0.2, 0.25) is 4.34 Å². The van der Waals surface area contributed by atoms with Gasteiger partial charge in [-0.25, -0.2) is 13.2 Å². The van der Waals surface area contributed by atoms with Gasteiger partial charge in [0.2, 0.25) is 21.8 Å². The van der Waals surface area contributed by atoms with Gasteiger partial charge in [0.05, 0.1) is 16.6 Å². The van der Waals surface area contributed by atoms with Gasteiger partial charge in [0, 0.05) is 41.3 Å². The lowest BCUT2D eigenvalue weighted by molar-refractivity contribution is -0.143. The number of urea groups is 1. The predicted octanol–water partition coefficient (Wildman–Crippen LogP) is 4.25. The third-order valence-electron chi connectivity index (χ3n) is 7.40. The lowest BCUT2D eigenvalue weighted by atomic mass is 10.1. The fourth-order valence-electron chi connectivity index (χ4n) is 5.36. The summed E-state index contributed by atoms with van der Waals surface area (Å²) in [6.45, 7) is 1.04. The molecule has 4 amide bonds. The van der Waals surface area contributed by atoms with Gasteiger partial charge >= 0.3 is 6.03 Å². The van der Waals surface area contributed by atoms with Crippen LogP contribution in [0.15, 0.2) is 60.0 Å². The Morgan fingerprint density at radius 1 is 1.02 bits per heavy atom. The van der Waals surface area contributed by atoms with E-state index in [1.807, 2.05) is 42.5 Å². The molecule has 3 N–H and O–H groups in total. The van der Waals surface area contributed by atoms with Crippen LogP contribution in [0.5, 0.6) is 0 Å². The summed E-state index contributed by atoms with van der Waals surface area (Å²) in [4.78, 5) is 42.8. The van der Waals surface area contributed by atoms with E-state index in [9.17, 15) is 22.8 Å². The number of rotatable bonds is 9. The molecule has 2 fully saturated rings. The predicted molar refractivity (Wildman–Crippen MR) is 166 cm³/mol. The Kier molecular flexibility index (Phi) is 9.47. The molecule has 1 aromatic heterocycles. The highest BCUT2D eigenvalue weighted by Gasteiger charge is 2.35. The number of sulfonamides is 1. The SMILES string of the molecule is O=C(NCC1CCCN1C(=O)CN1CCCC(NS(=O)(=O)/C=C/c2ccc(Cl)s2)C1=O)Nc1cccc2ccccc12. The van der Waals surface area contributed by atoms with Crippen molar-refractivity contribution in [3.8, 4) is 0 Å². The first-order valence-electron chi connectivity index (χ1n) is 13.8. The monoisotopic (exact) mass is 629 g/mol. The third kappa shape index (κ3) is 7.49. The van der Waals surface area contributed by atoms with Crippen LogP contribution < -0.4 is 15.4 Å². The average molecular weight is 630 g/mol. The first-order valence-corrected chi connectivity index (χ1v) is 16.5. The molecule has 2 unspecified atom stereocenters. The van der Waals surface area contributed by atoms with E-state index in [1.54, 1.807) is 17.0 Å². The topological polar surface area (TPSA) is 128 Å². The number of thiophene rings is 1. The van der Waals surface area contributed by atoms with Gasteiger partial charge in [-0.15, -0.1) is 11.3 Å². The third-order valence-corrected chi connectivity index (χ3v) is 9.71. The van der Waals surface area contributed by atoms with Crippen molar-refractivity contribution in [2.45, 2.75) is 37.8 Å². The fraction of sp³-hybridized carbons (Fsp3) is 0.345. The highest BCUT2D eigenvalue weighted by Crippen LogP contribution is 2.24. The van der Waals surface area contributed by atoms with E-state index < -0.39 is 22.0 Å². The number of hydrogen-bond acceptors (Lipinski definition) is 6. The first-order chi connectivity index (χ1) is 20.2. The summed E-state index contributed by atoms with van der Waals surface area (Å²) in [5, 5.41) is 8.74.